The molecule has 16 heavy (non-hydrogen) atoms. The van der Waals surface area contributed by atoms with Crippen LogP contribution >= 0.6 is 20.8 Å². The van der Waals surface area contributed by atoms with Crippen molar-refractivity contribution in [3.05, 3.63) is 24.6 Å². The van der Waals surface area contributed by atoms with Crippen LogP contribution in [0.1, 0.15) is 13.8 Å². The van der Waals surface area contributed by atoms with Crippen LogP contribution in [0.25, 0.3) is 0 Å². The van der Waals surface area contributed by atoms with Crippen molar-refractivity contribution in [2.24, 2.45) is 0 Å². The molecule has 96 valence electrons. The van der Waals surface area contributed by atoms with E-state index in [0.717, 1.165) is 16.8 Å². The van der Waals surface area contributed by atoms with E-state index in [1.807, 2.05) is 32.0 Å². The van der Waals surface area contributed by atoms with Gasteiger partial charge < -0.3 is 21.1 Å². The van der Waals surface area contributed by atoms with E-state index in [1.165, 1.54) is 0 Å². The van der Waals surface area contributed by atoms with E-state index in [2.05, 4.69) is 27.2 Å². The molecule has 1 aromatic rings. The third-order valence-corrected chi connectivity index (χ3v) is 1.86. The topological polar surface area (TPSA) is 18.5 Å². The van der Waals surface area contributed by atoms with E-state index in [1.54, 1.807) is 0 Å². The van der Waals surface area contributed by atoms with Crippen LogP contribution in [0.4, 0.5) is 0 Å². The summed E-state index contributed by atoms with van der Waals surface area (Å²) >= 11 is 4.39. The smallest absolute Gasteiger partial charge is 0.123 e. The van der Waals surface area contributed by atoms with Gasteiger partial charge in [-0.2, -0.15) is 0 Å². The van der Waals surface area contributed by atoms with Crippen LogP contribution in [0.3, 0.4) is 0 Å². The molecule has 1 unspecified atom stereocenters. The molecule has 5 heteroatoms. The van der Waals surface area contributed by atoms with E-state index in [4.69, 9.17) is 9.47 Å². The maximum absolute atomic E-state index is 5.38. The van der Waals surface area contributed by atoms with Crippen LogP contribution in [0, 0.1) is 6.38 Å². The molecule has 2 nitrogen and oxygen atoms in total. The zero-order valence-corrected chi connectivity index (χ0v) is 12.9. The van der Waals surface area contributed by atoms with Gasteiger partial charge in [-0.3, -0.25) is 6.38 Å². The van der Waals surface area contributed by atoms with Crippen LogP contribution in [0.15, 0.2) is 18.2 Å². The Kier molecular flexibility index (Phi) is 13.6. The molecule has 0 aromatic heterocycles. The van der Waals surface area contributed by atoms with E-state index < -0.39 is 0 Å². The minimum atomic E-state index is 0. The summed E-state index contributed by atoms with van der Waals surface area (Å²) in [5, 5.41) is 1.08. The average Bonchev–Trinajstić information content (AvgIpc) is 2.21. The fourth-order valence-electron chi connectivity index (χ4n) is 1.09. The first-order valence-electron chi connectivity index (χ1n) is 4.69. The van der Waals surface area contributed by atoms with Crippen molar-refractivity contribution in [2.75, 3.05) is 13.2 Å². The summed E-state index contributed by atoms with van der Waals surface area (Å²) in [5.41, 5.74) is 0. The number of hydrogen-bond donors (Lipinski definition) is 0. The molecule has 0 spiro atoms. The summed E-state index contributed by atoms with van der Waals surface area (Å²) in [7, 11) is 2.64. The van der Waals surface area contributed by atoms with Gasteiger partial charge in [0.25, 0.3) is 0 Å². The molecule has 0 N–H and O–H groups in total. The molecule has 1 aromatic carbocycles. The minimum Gasteiger partial charge on any atom is -0.494 e. The molecule has 1 rings (SSSR count). The summed E-state index contributed by atoms with van der Waals surface area (Å²) in [6, 6.07) is 5.84. The summed E-state index contributed by atoms with van der Waals surface area (Å²) < 4.78 is 10.8. The number of halogens is 1. The zero-order chi connectivity index (χ0) is 11.7. The van der Waals surface area contributed by atoms with E-state index in [-0.39, 0.29) is 20.4 Å². The van der Waals surface area contributed by atoms with E-state index in [0.29, 0.717) is 13.2 Å². The molecular formula is C11H17ClO2PPd-. The Balaban J connectivity index is 0. The maximum Gasteiger partial charge on any atom is 0.123 e. The largest absolute Gasteiger partial charge is 0.494 e. The van der Waals surface area contributed by atoms with Crippen LogP contribution in [-0.2, 0) is 20.4 Å². The van der Waals surface area contributed by atoms with Crippen molar-refractivity contribution in [2.45, 2.75) is 13.8 Å². The van der Waals surface area contributed by atoms with Gasteiger partial charge in [0.15, 0.2) is 0 Å². The maximum atomic E-state index is 5.38. The van der Waals surface area contributed by atoms with Gasteiger partial charge in [0.2, 0.25) is 0 Å². The fraction of sp³-hybridized carbons (Fsp3) is 0.364. The molecular weight excluding hydrogens is 337 g/mol. The van der Waals surface area contributed by atoms with Crippen LogP contribution in [0.2, 0.25) is 0 Å². The molecule has 0 saturated carbocycles. The first kappa shape index (κ1) is 18.6. The summed E-state index contributed by atoms with van der Waals surface area (Å²) in [6.07, 6.45) is 2.72. The van der Waals surface area contributed by atoms with Crippen LogP contribution < -0.4 is 14.8 Å². The van der Waals surface area contributed by atoms with E-state index >= 15 is 0 Å². The van der Waals surface area contributed by atoms with Gasteiger partial charge in [-0.15, -0.1) is 9.24 Å². The first-order chi connectivity index (χ1) is 7.26. The molecule has 1 atom stereocenters. The second-order valence-electron chi connectivity index (χ2n) is 2.60. The second-order valence-corrected chi connectivity index (χ2v) is 3.27. The molecule has 0 aliphatic heterocycles. The number of hydrogen-bond acceptors (Lipinski definition) is 2. The fourth-order valence-corrected chi connectivity index (χ4v) is 1.42. The second kappa shape index (κ2) is 11.7. The first-order valence-corrected chi connectivity index (χ1v) is 5.80. The monoisotopic (exact) mass is 353 g/mol. The van der Waals surface area contributed by atoms with Crippen LogP contribution in [0.5, 0.6) is 11.5 Å². The molecule has 0 aliphatic carbocycles. The van der Waals surface area contributed by atoms with Gasteiger partial charge in [0.05, 0.1) is 13.2 Å². The summed E-state index contributed by atoms with van der Waals surface area (Å²) in [5.74, 6) is 1.72. The predicted octanol–water partition coefficient (Wildman–Crippen LogP) is 3.00. The molecule has 0 amide bonds. The Labute approximate surface area is 119 Å². The van der Waals surface area contributed by atoms with Crippen LogP contribution in [-0.4, -0.2) is 13.2 Å². The number of rotatable bonds is 4. The van der Waals surface area contributed by atoms with Gasteiger partial charge in [0, 0.05) is 26.5 Å². The predicted molar refractivity (Wildman–Crippen MR) is 69.3 cm³/mol. The molecule has 0 heterocycles. The zero-order valence-electron chi connectivity index (χ0n) is 9.44. The third kappa shape index (κ3) is 7.47. The van der Waals surface area contributed by atoms with Gasteiger partial charge in [-0.05, 0) is 31.3 Å². The third-order valence-electron chi connectivity index (χ3n) is 1.52. The van der Waals surface area contributed by atoms with Gasteiger partial charge in [-0.25, -0.2) is 0 Å². The van der Waals surface area contributed by atoms with Crippen molar-refractivity contribution in [1.82, 2.24) is 0 Å². The molecule has 0 radical (unpaired) electrons. The normalized spacial score (nSPS) is 8.31. The van der Waals surface area contributed by atoms with Gasteiger partial charge in [0.1, 0.15) is 11.5 Å². The summed E-state index contributed by atoms with van der Waals surface area (Å²) in [6.45, 7) is 5.30. The molecule has 0 fully saturated rings. The number of benzene rings is 1. The summed E-state index contributed by atoms with van der Waals surface area (Å²) in [4.78, 5) is 0. The Morgan fingerprint density at radius 1 is 1.06 bits per heavy atom. The van der Waals surface area contributed by atoms with Crippen molar-refractivity contribution < 1.29 is 29.9 Å². The standard InChI is InChI=1S/C10H15O2P.CH2Cl.Pd/c1-3-11-8-5-9(12-4-2)7-10(13)6-8;1-2;/h5-7H,3-4,13H2,1-2H3;1H2;/q;-1;. The van der Waals surface area contributed by atoms with Crippen molar-refractivity contribution in [1.29, 1.82) is 0 Å². The SMILES string of the molecule is CCOc1cc(P)cc(OCC)c1.[CH2-]Cl.[Pd]. The van der Waals surface area contributed by atoms with Gasteiger partial charge in [-0.1, -0.05) is 0 Å². The van der Waals surface area contributed by atoms with Gasteiger partial charge >= 0.3 is 0 Å². The molecule has 0 aliphatic rings. The van der Waals surface area contributed by atoms with Crippen molar-refractivity contribution in [3.63, 3.8) is 0 Å². The molecule has 0 saturated heterocycles. The minimum absolute atomic E-state index is 0. The van der Waals surface area contributed by atoms with Crippen molar-refractivity contribution in [3.8, 4) is 11.5 Å². The average molecular weight is 354 g/mol. The Morgan fingerprint density at radius 2 is 1.44 bits per heavy atom. The Hall–Kier alpha value is 0.202. The Bertz CT molecular complexity index is 260. The number of ether oxygens (including phenoxy) is 2. The Morgan fingerprint density at radius 3 is 1.75 bits per heavy atom. The molecule has 0 bridgehead atoms. The van der Waals surface area contributed by atoms with E-state index in [9.17, 15) is 0 Å². The quantitative estimate of drug-likeness (QED) is 0.470. The van der Waals surface area contributed by atoms with Crippen molar-refractivity contribution >= 4 is 26.1 Å².